The third-order valence-corrected chi connectivity index (χ3v) is 5.93. The molecular formula is C25H18F2N2O4. The fourth-order valence-corrected chi connectivity index (χ4v) is 4.36. The number of aryl methyl sites for hydroxylation is 1. The molecule has 0 aliphatic carbocycles. The normalized spacial score (nSPS) is 19.7. The van der Waals surface area contributed by atoms with E-state index in [0.29, 0.717) is 11.3 Å². The maximum atomic E-state index is 13.3. The summed E-state index contributed by atoms with van der Waals surface area (Å²) in [5, 5.41) is 0. The van der Waals surface area contributed by atoms with Crippen LogP contribution in [-0.2, 0) is 4.79 Å². The number of carbonyl (C=O) groups excluding carboxylic acids is 3. The molecule has 0 radical (unpaired) electrons. The van der Waals surface area contributed by atoms with E-state index in [9.17, 15) is 23.2 Å². The average Bonchev–Trinajstić information content (AvgIpc) is 3.04. The fourth-order valence-electron chi connectivity index (χ4n) is 4.36. The summed E-state index contributed by atoms with van der Waals surface area (Å²) in [5.41, 5.74) is 2.70. The molecule has 166 valence electrons. The Morgan fingerprint density at radius 2 is 1.33 bits per heavy atom. The molecule has 2 heterocycles. The van der Waals surface area contributed by atoms with Gasteiger partial charge < -0.3 is 9.64 Å². The number of nitrogens with zero attached hydrogens (tertiary/aromatic N) is 2. The van der Waals surface area contributed by atoms with Crippen molar-refractivity contribution in [1.29, 1.82) is 0 Å². The van der Waals surface area contributed by atoms with Crippen molar-refractivity contribution in [3.63, 3.8) is 0 Å². The van der Waals surface area contributed by atoms with E-state index in [1.807, 2.05) is 19.1 Å². The van der Waals surface area contributed by atoms with E-state index < -0.39 is 36.4 Å². The van der Waals surface area contributed by atoms with Gasteiger partial charge in [-0.15, -0.1) is 0 Å². The van der Waals surface area contributed by atoms with Gasteiger partial charge in [0.05, 0.1) is 17.2 Å². The van der Waals surface area contributed by atoms with E-state index >= 15 is 0 Å². The van der Waals surface area contributed by atoms with Crippen LogP contribution in [0, 0.1) is 6.92 Å². The molecule has 0 aromatic heterocycles. The highest BCUT2D eigenvalue weighted by atomic mass is 19.3. The summed E-state index contributed by atoms with van der Waals surface area (Å²) in [4.78, 5) is 42.0. The van der Waals surface area contributed by atoms with Gasteiger partial charge in [-0.3, -0.25) is 19.3 Å². The average molecular weight is 448 g/mol. The number of hydrogen-bond donors (Lipinski definition) is 0. The van der Waals surface area contributed by atoms with Crippen LogP contribution in [0.1, 0.15) is 37.9 Å². The number of fused-ring (bicyclic) bond motifs is 1. The molecule has 3 aromatic carbocycles. The molecule has 0 N–H and O–H groups in total. The lowest BCUT2D eigenvalue weighted by molar-refractivity contribution is -0.130. The molecule has 3 aromatic rings. The topological polar surface area (TPSA) is 66.9 Å². The van der Waals surface area contributed by atoms with Crippen molar-refractivity contribution in [3.8, 4) is 5.75 Å². The quantitative estimate of drug-likeness (QED) is 0.430. The Kier molecular flexibility index (Phi) is 4.92. The van der Waals surface area contributed by atoms with Crippen LogP contribution in [0.15, 0.2) is 72.8 Å². The molecule has 1 saturated heterocycles. The van der Waals surface area contributed by atoms with Crippen LogP contribution in [0.4, 0.5) is 14.5 Å². The van der Waals surface area contributed by atoms with Crippen molar-refractivity contribution in [2.24, 2.45) is 0 Å². The summed E-state index contributed by atoms with van der Waals surface area (Å²) in [6.07, 6.45) is 0. The second-order valence-corrected chi connectivity index (χ2v) is 7.91. The molecule has 33 heavy (non-hydrogen) atoms. The Morgan fingerprint density at radius 1 is 0.758 bits per heavy atom. The molecule has 2 aliphatic heterocycles. The summed E-state index contributed by atoms with van der Waals surface area (Å²) in [5.74, 6) is -1.48. The van der Waals surface area contributed by atoms with Gasteiger partial charge in [-0.25, -0.2) is 0 Å². The number of carbonyl (C=O) groups is 3. The summed E-state index contributed by atoms with van der Waals surface area (Å²) < 4.78 is 29.5. The number of halogens is 2. The number of ether oxygens (including phenoxy) is 1. The second-order valence-electron chi connectivity index (χ2n) is 7.91. The zero-order valence-electron chi connectivity index (χ0n) is 17.4. The van der Waals surface area contributed by atoms with E-state index in [4.69, 9.17) is 0 Å². The van der Waals surface area contributed by atoms with Crippen LogP contribution in [-0.4, -0.2) is 35.3 Å². The number of β-lactam (4-membered cyclic amide) rings is 1. The molecule has 6 nitrogen and oxygen atoms in total. The Morgan fingerprint density at radius 3 is 1.88 bits per heavy atom. The zero-order valence-corrected chi connectivity index (χ0v) is 17.4. The molecule has 2 aliphatic rings. The molecule has 5 rings (SSSR count). The number of amides is 3. The van der Waals surface area contributed by atoms with Gasteiger partial charge in [-0.05, 0) is 48.9 Å². The van der Waals surface area contributed by atoms with Gasteiger partial charge in [0.2, 0.25) is 0 Å². The molecular weight excluding hydrogens is 430 g/mol. The largest absolute Gasteiger partial charge is 0.435 e. The van der Waals surface area contributed by atoms with Crippen LogP contribution in [0.3, 0.4) is 0 Å². The Hall–Kier alpha value is -4.07. The maximum Gasteiger partial charge on any atom is 0.387 e. The molecule has 0 bridgehead atoms. The minimum atomic E-state index is -2.96. The smallest absolute Gasteiger partial charge is 0.387 e. The summed E-state index contributed by atoms with van der Waals surface area (Å²) in [6, 6.07) is 17.8. The van der Waals surface area contributed by atoms with E-state index in [0.717, 1.165) is 10.5 Å². The lowest BCUT2D eigenvalue weighted by Crippen LogP contribution is -2.67. The number of imide groups is 1. The van der Waals surface area contributed by atoms with Crippen molar-refractivity contribution < 1.29 is 27.9 Å². The summed E-state index contributed by atoms with van der Waals surface area (Å²) in [7, 11) is 0. The maximum absolute atomic E-state index is 13.3. The molecule has 2 unspecified atom stereocenters. The van der Waals surface area contributed by atoms with E-state index in [2.05, 4.69) is 4.74 Å². The highest BCUT2D eigenvalue weighted by molar-refractivity contribution is 6.24. The third kappa shape index (κ3) is 3.34. The second kappa shape index (κ2) is 7.81. The first-order chi connectivity index (χ1) is 15.9. The molecule has 1 fully saturated rings. The molecule has 0 spiro atoms. The number of rotatable bonds is 5. The number of alkyl halides is 2. The van der Waals surface area contributed by atoms with Gasteiger partial charge >= 0.3 is 6.61 Å². The molecule has 0 saturated carbocycles. The monoisotopic (exact) mass is 448 g/mol. The lowest BCUT2D eigenvalue weighted by atomic mass is 9.86. The zero-order chi connectivity index (χ0) is 23.3. The first-order valence-electron chi connectivity index (χ1n) is 10.3. The fraction of sp³-hybridized carbons (Fsp3) is 0.160. The number of benzene rings is 3. The van der Waals surface area contributed by atoms with Crippen LogP contribution >= 0.6 is 0 Å². The first kappa shape index (κ1) is 20.8. The van der Waals surface area contributed by atoms with Crippen molar-refractivity contribution in [2.45, 2.75) is 25.6 Å². The highest BCUT2D eigenvalue weighted by Gasteiger charge is 2.57. The van der Waals surface area contributed by atoms with Gasteiger partial charge in [0.25, 0.3) is 17.7 Å². The first-order valence-corrected chi connectivity index (χ1v) is 10.3. The van der Waals surface area contributed by atoms with Crippen molar-refractivity contribution in [2.75, 3.05) is 4.90 Å². The predicted octanol–water partition coefficient (Wildman–Crippen LogP) is 4.35. The van der Waals surface area contributed by atoms with Gasteiger partial charge in [0.15, 0.2) is 0 Å². The standard InChI is InChI=1S/C25H18F2N2O4/c1-14-6-10-16(11-7-14)28-20(15-8-12-17(13-9-15)33-25(26)27)21(24(28)32)29-22(30)18-4-2-3-5-19(18)23(29)31/h2-13,20-21,25H,1H3. The summed E-state index contributed by atoms with van der Waals surface area (Å²) >= 11 is 0. The van der Waals surface area contributed by atoms with E-state index in [1.165, 1.54) is 17.0 Å². The van der Waals surface area contributed by atoms with Gasteiger partial charge in [-0.2, -0.15) is 8.78 Å². The van der Waals surface area contributed by atoms with Crippen LogP contribution in [0.5, 0.6) is 5.75 Å². The van der Waals surface area contributed by atoms with E-state index in [1.54, 1.807) is 48.5 Å². The predicted molar refractivity (Wildman–Crippen MR) is 115 cm³/mol. The molecule has 8 heteroatoms. The van der Waals surface area contributed by atoms with Gasteiger partial charge in [0.1, 0.15) is 11.8 Å². The van der Waals surface area contributed by atoms with Crippen LogP contribution in [0.2, 0.25) is 0 Å². The van der Waals surface area contributed by atoms with Gasteiger partial charge in [-0.1, -0.05) is 42.0 Å². The van der Waals surface area contributed by atoms with Gasteiger partial charge in [0, 0.05) is 5.69 Å². The number of anilines is 1. The Labute approximate surface area is 188 Å². The van der Waals surface area contributed by atoms with Crippen molar-refractivity contribution in [3.05, 3.63) is 95.1 Å². The highest BCUT2D eigenvalue weighted by Crippen LogP contribution is 2.44. The molecule has 2 atom stereocenters. The Balaban J connectivity index is 1.55. The minimum Gasteiger partial charge on any atom is -0.435 e. The van der Waals surface area contributed by atoms with Crippen molar-refractivity contribution in [1.82, 2.24) is 4.90 Å². The van der Waals surface area contributed by atoms with Crippen LogP contribution in [0.25, 0.3) is 0 Å². The summed E-state index contributed by atoms with van der Waals surface area (Å²) in [6.45, 7) is -1.04. The third-order valence-electron chi connectivity index (χ3n) is 5.93. The van der Waals surface area contributed by atoms with E-state index in [-0.39, 0.29) is 16.9 Å². The Bertz CT molecular complexity index is 1220. The van der Waals surface area contributed by atoms with Crippen LogP contribution < -0.4 is 9.64 Å². The minimum absolute atomic E-state index is 0.0291. The van der Waals surface area contributed by atoms with Crippen molar-refractivity contribution >= 4 is 23.4 Å². The number of hydrogen-bond acceptors (Lipinski definition) is 4. The molecule has 3 amide bonds. The SMILES string of the molecule is Cc1ccc(N2C(=O)C(N3C(=O)c4ccccc4C3=O)C2c2ccc(OC(F)F)cc2)cc1. The lowest BCUT2D eigenvalue weighted by Gasteiger charge is -2.49.